The number of esters is 1. The molecule has 0 bridgehead atoms. The van der Waals surface area contributed by atoms with Gasteiger partial charge in [-0.2, -0.15) is 13.2 Å². The molecule has 0 radical (unpaired) electrons. The van der Waals surface area contributed by atoms with Crippen LogP contribution in [0.5, 0.6) is 0 Å². The monoisotopic (exact) mass is 384 g/mol. The van der Waals surface area contributed by atoms with Gasteiger partial charge in [0.2, 0.25) is 0 Å². The Morgan fingerprint density at radius 2 is 1.59 bits per heavy atom. The summed E-state index contributed by atoms with van der Waals surface area (Å²) in [7, 11) is 0. The van der Waals surface area contributed by atoms with Gasteiger partial charge in [0.25, 0.3) is 5.54 Å². The number of carbonyl (C=O) groups excluding carboxylic acids is 2. The predicted octanol–water partition coefficient (Wildman–Crippen LogP) is 3.97. The average Bonchev–Trinajstić information content (AvgIpc) is 2.60. The fraction of sp³-hybridized carbons (Fsp3) is 0.222. The Morgan fingerprint density at radius 1 is 1.00 bits per heavy atom. The second-order valence-electron chi connectivity index (χ2n) is 5.42. The molecule has 1 atom stereocenters. The molecule has 0 heterocycles. The maximum atomic E-state index is 14.0. The first kappa shape index (κ1) is 20.2. The van der Waals surface area contributed by atoms with Crippen LogP contribution in [0.15, 0.2) is 54.6 Å². The van der Waals surface area contributed by atoms with Crippen LogP contribution in [0.2, 0.25) is 0 Å². The number of amides is 2. The molecule has 2 aromatic carbocycles. The molecule has 2 rings (SSSR count). The minimum absolute atomic E-state index is 0.217. The lowest BCUT2D eigenvalue weighted by Crippen LogP contribution is -2.62. The van der Waals surface area contributed by atoms with Gasteiger partial charge in [0, 0.05) is 5.69 Å². The normalized spacial score (nSPS) is 13.4. The molecule has 144 valence electrons. The van der Waals surface area contributed by atoms with Crippen LogP contribution in [0.3, 0.4) is 0 Å². The number of alkyl halides is 3. The van der Waals surface area contributed by atoms with Gasteiger partial charge in [-0.1, -0.05) is 30.3 Å². The van der Waals surface area contributed by atoms with Crippen LogP contribution >= 0.6 is 0 Å². The lowest BCUT2D eigenvalue weighted by Gasteiger charge is -2.34. The number of anilines is 1. The number of ether oxygens (including phenoxy) is 1. The highest BCUT2D eigenvalue weighted by Gasteiger charge is 2.64. The molecule has 0 aliphatic carbocycles. The zero-order valence-electron chi connectivity index (χ0n) is 14.1. The molecule has 5 nitrogen and oxygen atoms in total. The summed E-state index contributed by atoms with van der Waals surface area (Å²) in [5.41, 5.74) is -3.97. The summed E-state index contributed by atoms with van der Waals surface area (Å²) in [6, 6.07) is 9.46. The van der Waals surface area contributed by atoms with Crippen LogP contribution in [-0.2, 0) is 15.1 Å². The molecule has 0 aliphatic heterocycles. The molecule has 27 heavy (non-hydrogen) atoms. The Balaban J connectivity index is 2.48. The van der Waals surface area contributed by atoms with Crippen molar-refractivity contribution in [1.29, 1.82) is 0 Å². The molecule has 0 saturated carbocycles. The second kappa shape index (κ2) is 8.07. The first-order valence-electron chi connectivity index (χ1n) is 7.85. The number of hydrogen-bond donors (Lipinski definition) is 2. The zero-order chi connectivity index (χ0) is 20.1. The summed E-state index contributed by atoms with van der Waals surface area (Å²) in [4.78, 5) is 24.5. The third-order valence-corrected chi connectivity index (χ3v) is 3.62. The van der Waals surface area contributed by atoms with E-state index < -0.39 is 35.1 Å². The number of nitrogens with one attached hydrogen (secondary N) is 2. The molecule has 0 spiro atoms. The number of rotatable bonds is 5. The first-order chi connectivity index (χ1) is 12.7. The number of urea groups is 1. The van der Waals surface area contributed by atoms with Gasteiger partial charge in [0.15, 0.2) is 0 Å². The van der Waals surface area contributed by atoms with Gasteiger partial charge in [-0.3, -0.25) is 0 Å². The maximum absolute atomic E-state index is 14.0. The molecular weight excluding hydrogens is 368 g/mol. The fourth-order valence-electron chi connectivity index (χ4n) is 2.38. The number of hydrogen-bond acceptors (Lipinski definition) is 3. The molecular formula is C18H16F4N2O3. The van der Waals surface area contributed by atoms with E-state index in [-0.39, 0.29) is 12.3 Å². The van der Waals surface area contributed by atoms with Gasteiger partial charge in [-0.15, -0.1) is 0 Å². The molecule has 2 amide bonds. The first-order valence-corrected chi connectivity index (χ1v) is 7.85. The van der Waals surface area contributed by atoms with E-state index >= 15 is 0 Å². The van der Waals surface area contributed by atoms with Gasteiger partial charge >= 0.3 is 18.2 Å². The Labute approximate surface area is 152 Å². The van der Waals surface area contributed by atoms with E-state index in [1.165, 1.54) is 19.1 Å². The minimum atomic E-state index is -5.26. The molecule has 0 aromatic heterocycles. The Morgan fingerprint density at radius 3 is 2.11 bits per heavy atom. The minimum Gasteiger partial charge on any atom is -0.464 e. The van der Waals surface area contributed by atoms with Gasteiger partial charge in [0.1, 0.15) is 5.82 Å². The summed E-state index contributed by atoms with van der Waals surface area (Å²) in [5, 5.41) is 3.88. The van der Waals surface area contributed by atoms with Crippen LogP contribution in [0.4, 0.5) is 28.0 Å². The van der Waals surface area contributed by atoms with E-state index in [9.17, 15) is 27.2 Å². The van der Waals surface area contributed by atoms with Crippen molar-refractivity contribution in [2.24, 2.45) is 0 Å². The summed E-state index contributed by atoms with van der Waals surface area (Å²) >= 11 is 0. The molecule has 9 heteroatoms. The molecule has 0 aliphatic rings. The van der Waals surface area contributed by atoms with Crippen molar-refractivity contribution >= 4 is 17.7 Å². The highest BCUT2D eigenvalue weighted by atomic mass is 19.4. The second-order valence-corrected chi connectivity index (χ2v) is 5.42. The molecule has 2 aromatic rings. The van der Waals surface area contributed by atoms with Crippen molar-refractivity contribution in [2.75, 3.05) is 11.9 Å². The van der Waals surface area contributed by atoms with Crippen molar-refractivity contribution in [3.8, 4) is 0 Å². The third kappa shape index (κ3) is 4.36. The zero-order valence-corrected chi connectivity index (χ0v) is 14.1. The molecule has 0 fully saturated rings. The largest absolute Gasteiger partial charge is 0.464 e. The van der Waals surface area contributed by atoms with E-state index in [1.54, 1.807) is 23.5 Å². The molecule has 0 saturated heterocycles. The van der Waals surface area contributed by atoms with Crippen molar-refractivity contribution in [3.63, 3.8) is 0 Å². The Bertz CT molecular complexity index is 795. The fourth-order valence-corrected chi connectivity index (χ4v) is 2.38. The Kier molecular flexibility index (Phi) is 6.04. The van der Waals surface area contributed by atoms with E-state index in [1.807, 2.05) is 0 Å². The number of halogens is 4. The lowest BCUT2D eigenvalue weighted by molar-refractivity contribution is -0.213. The summed E-state index contributed by atoms with van der Waals surface area (Å²) in [6.07, 6.45) is -5.26. The molecule has 2 N–H and O–H groups in total. The predicted molar refractivity (Wildman–Crippen MR) is 89.4 cm³/mol. The number of para-hydroxylation sites is 1. The Hall–Kier alpha value is -3.10. The van der Waals surface area contributed by atoms with Gasteiger partial charge in [0.05, 0.1) is 6.61 Å². The van der Waals surface area contributed by atoms with Crippen LogP contribution in [0, 0.1) is 5.82 Å². The van der Waals surface area contributed by atoms with Gasteiger partial charge in [-0.05, 0) is 36.8 Å². The van der Waals surface area contributed by atoms with E-state index in [0.29, 0.717) is 0 Å². The summed E-state index contributed by atoms with van der Waals surface area (Å²) in [5.74, 6) is -2.53. The van der Waals surface area contributed by atoms with Crippen molar-refractivity contribution < 1.29 is 31.9 Å². The van der Waals surface area contributed by atoms with Gasteiger partial charge < -0.3 is 15.4 Å². The number of benzene rings is 2. The quantitative estimate of drug-likeness (QED) is 0.606. The maximum Gasteiger partial charge on any atom is 0.426 e. The van der Waals surface area contributed by atoms with Crippen molar-refractivity contribution in [2.45, 2.75) is 18.6 Å². The van der Waals surface area contributed by atoms with E-state index in [4.69, 9.17) is 0 Å². The highest BCUT2D eigenvalue weighted by molar-refractivity contribution is 5.95. The lowest BCUT2D eigenvalue weighted by atomic mass is 9.89. The molecule has 0 unspecified atom stereocenters. The summed E-state index contributed by atoms with van der Waals surface area (Å²) in [6.45, 7) is 0.980. The topological polar surface area (TPSA) is 67.4 Å². The van der Waals surface area contributed by atoms with E-state index in [0.717, 1.165) is 24.3 Å². The third-order valence-electron chi connectivity index (χ3n) is 3.62. The van der Waals surface area contributed by atoms with Crippen LogP contribution in [-0.4, -0.2) is 24.8 Å². The number of carbonyl (C=O) groups is 2. The SMILES string of the molecule is CCOC(=O)[C@@](NC(=O)Nc1ccccc1)(c1ccc(F)cc1)C(F)(F)F. The standard InChI is InChI=1S/C18H16F4N2O3/c1-2-27-15(25)17(18(20,21)22,12-8-10-13(19)11-9-12)24-16(26)23-14-6-4-3-5-7-14/h3-11H,2H2,1H3,(H2,23,24,26)/t17-/m0/s1. The van der Waals surface area contributed by atoms with Gasteiger partial charge in [-0.25, -0.2) is 14.0 Å². The van der Waals surface area contributed by atoms with Crippen LogP contribution in [0.1, 0.15) is 12.5 Å². The van der Waals surface area contributed by atoms with Crippen molar-refractivity contribution in [3.05, 3.63) is 66.0 Å². The van der Waals surface area contributed by atoms with Crippen LogP contribution < -0.4 is 10.6 Å². The average molecular weight is 384 g/mol. The van der Waals surface area contributed by atoms with Crippen molar-refractivity contribution in [1.82, 2.24) is 5.32 Å². The smallest absolute Gasteiger partial charge is 0.426 e. The summed E-state index contributed by atoms with van der Waals surface area (Å²) < 4.78 is 59.7. The van der Waals surface area contributed by atoms with E-state index in [2.05, 4.69) is 10.1 Å². The van der Waals surface area contributed by atoms with Crippen LogP contribution in [0.25, 0.3) is 0 Å². The highest BCUT2D eigenvalue weighted by Crippen LogP contribution is 2.40.